The van der Waals surface area contributed by atoms with Crippen LogP contribution in [0.2, 0.25) is 0 Å². The smallest absolute Gasteiger partial charge is 0.311 e. The number of anilines is 2. The van der Waals surface area contributed by atoms with Gasteiger partial charge in [0.25, 0.3) is 0 Å². The van der Waals surface area contributed by atoms with E-state index in [9.17, 15) is 9.90 Å². The Morgan fingerprint density at radius 1 is 1.50 bits per heavy atom. The first-order valence-corrected chi connectivity index (χ1v) is 7.45. The number of aryl methyl sites for hydroxylation is 1. The van der Waals surface area contributed by atoms with Gasteiger partial charge in [0, 0.05) is 20.1 Å². The van der Waals surface area contributed by atoms with Gasteiger partial charge in [-0.05, 0) is 18.8 Å². The number of nitrogens with zero attached hydrogens (tertiary/aromatic N) is 5. The Bertz CT molecular complexity index is 772. The van der Waals surface area contributed by atoms with E-state index in [1.807, 2.05) is 4.90 Å². The molecule has 0 aromatic carbocycles. The molecule has 2 aromatic rings. The fraction of sp³-hybridized carbons (Fsp3) is 0.571. The molecule has 3 heterocycles. The average molecular weight is 302 g/mol. The Hall–Kier alpha value is -2.38. The fourth-order valence-electron chi connectivity index (χ4n) is 3.96. The SMILES string of the molecule is Cn1ncc2c(N)nc(N3C[C@@H]4CCC[C@@]4(C(=O)O)C3)nc21. The fourth-order valence-corrected chi connectivity index (χ4v) is 3.96. The van der Waals surface area contributed by atoms with Crippen molar-refractivity contribution in [1.29, 1.82) is 0 Å². The van der Waals surface area contributed by atoms with E-state index in [4.69, 9.17) is 5.73 Å². The summed E-state index contributed by atoms with van der Waals surface area (Å²) in [6.45, 7) is 1.13. The van der Waals surface area contributed by atoms with Gasteiger partial charge in [0.2, 0.25) is 5.95 Å². The van der Waals surface area contributed by atoms with Crippen LogP contribution in [0.15, 0.2) is 6.20 Å². The van der Waals surface area contributed by atoms with Crippen LogP contribution in [0, 0.1) is 11.3 Å². The number of nitrogen functional groups attached to an aromatic ring is 1. The van der Waals surface area contributed by atoms with Crippen LogP contribution in [0.3, 0.4) is 0 Å². The standard InChI is InChI=1S/C14H18N6O2/c1-19-11-9(5-16-19)10(15)17-13(18-11)20-6-8-3-2-4-14(8,7-20)12(21)22/h5,8H,2-4,6-7H2,1H3,(H,21,22)(H2,15,17,18)/t8-,14+/m0/s1. The quantitative estimate of drug-likeness (QED) is 0.837. The zero-order valence-electron chi connectivity index (χ0n) is 12.4. The summed E-state index contributed by atoms with van der Waals surface area (Å²) in [5.74, 6) is 0.349. The Morgan fingerprint density at radius 2 is 2.32 bits per heavy atom. The highest BCUT2D eigenvalue weighted by Crippen LogP contribution is 2.49. The van der Waals surface area contributed by atoms with Crippen molar-refractivity contribution in [3.05, 3.63) is 6.20 Å². The molecular formula is C14H18N6O2. The number of aliphatic carboxylic acids is 1. The van der Waals surface area contributed by atoms with Gasteiger partial charge in [-0.3, -0.25) is 9.48 Å². The van der Waals surface area contributed by atoms with Crippen LogP contribution >= 0.6 is 0 Å². The third kappa shape index (κ3) is 1.63. The molecule has 2 atom stereocenters. The lowest BCUT2D eigenvalue weighted by Crippen LogP contribution is -2.36. The van der Waals surface area contributed by atoms with Gasteiger partial charge >= 0.3 is 5.97 Å². The lowest BCUT2D eigenvalue weighted by Gasteiger charge is -2.23. The molecule has 4 rings (SSSR count). The Morgan fingerprint density at radius 3 is 3.05 bits per heavy atom. The average Bonchev–Trinajstić information content (AvgIpc) is 3.11. The van der Waals surface area contributed by atoms with Crippen LogP contribution in [0.5, 0.6) is 0 Å². The molecule has 116 valence electrons. The normalized spacial score (nSPS) is 27.5. The summed E-state index contributed by atoms with van der Waals surface area (Å²) >= 11 is 0. The molecule has 8 nitrogen and oxygen atoms in total. The molecule has 1 aliphatic heterocycles. The van der Waals surface area contributed by atoms with E-state index in [1.54, 1.807) is 17.9 Å². The molecule has 0 radical (unpaired) electrons. The van der Waals surface area contributed by atoms with Gasteiger partial charge in [0.05, 0.1) is 17.0 Å². The van der Waals surface area contributed by atoms with Crippen LogP contribution in [-0.2, 0) is 11.8 Å². The van der Waals surface area contributed by atoms with Crippen molar-refractivity contribution in [2.24, 2.45) is 18.4 Å². The largest absolute Gasteiger partial charge is 0.481 e. The van der Waals surface area contributed by atoms with E-state index in [0.717, 1.165) is 24.6 Å². The maximum atomic E-state index is 11.8. The van der Waals surface area contributed by atoms with Crippen LogP contribution in [0.1, 0.15) is 19.3 Å². The topological polar surface area (TPSA) is 110 Å². The number of carboxylic acid groups (broad SMARTS) is 1. The first kappa shape index (κ1) is 13.3. The second-order valence-electron chi connectivity index (χ2n) is 6.35. The molecule has 2 fully saturated rings. The predicted molar refractivity (Wildman–Crippen MR) is 80.3 cm³/mol. The molecule has 0 amide bonds. The first-order valence-electron chi connectivity index (χ1n) is 7.45. The molecule has 2 aromatic heterocycles. The van der Waals surface area contributed by atoms with E-state index in [1.165, 1.54) is 0 Å². The molecule has 1 aliphatic carbocycles. The van der Waals surface area contributed by atoms with E-state index in [2.05, 4.69) is 15.1 Å². The van der Waals surface area contributed by atoms with Gasteiger partial charge in [-0.25, -0.2) is 0 Å². The van der Waals surface area contributed by atoms with Gasteiger partial charge in [0.1, 0.15) is 5.82 Å². The lowest BCUT2D eigenvalue weighted by molar-refractivity contribution is -0.149. The van der Waals surface area contributed by atoms with Crippen molar-refractivity contribution in [2.45, 2.75) is 19.3 Å². The summed E-state index contributed by atoms with van der Waals surface area (Å²) < 4.78 is 1.65. The Balaban J connectivity index is 1.75. The maximum Gasteiger partial charge on any atom is 0.311 e. The molecule has 2 aliphatic rings. The Labute approximate surface area is 126 Å². The predicted octanol–water partition coefficient (Wildman–Crippen LogP) is 0.637. The third-order valence-corrected chi connectivity index (χ3v) is 5.19. The summed E-state index contributed by atoms with van der Waals surface area (Å²) in [6.07, 6.45) is 4.31. The van der Waals surface area contributed by atoms with Crippen molar-refractivity contribution >= 4 is 28.8 Å². The Kier molecular flexibility index (Phi) is 2.60. The van der Waals surface area contributed by atoms with E-state index >= 15 is 0 Å². The van der Waals surface area contributed by atoms with Crippen molar-refractivity contribution in [3.8, 4) is 0 Å². The third-order valence-electron chi connectivity index (χ3n) is 5.19. The molecule has 8 heteroatoms. The minimum atomic E-state index is -0.702. The summed E-state index contributed by atoms with van der Waals surface area (Å²) in [5, 5.41) is 14.5. The highest BCUT2D eigenvalue weighted by atomic mass is 16.4. The van der Waals surface area contributed by atoms with E-state index in [0.29, 0.717) is 30.5 Å². The van der Waals surface area contributed by atoms with Crippen molar-refractivity contribution in [1.82, 2.24) is 19.7 Å². The van der Waals surface area contributed by atoms with Crippen molar-refractivity contribution < 1.29 is 9.90 Å². The summed E-state index contributed by atoms with van der Waals surface area (Å²) in [5.41, 5.74) is 6.02. The van der Waals surface area contributed by atoms with Crippen molar-refractivity contribution in [2.75, 3.05) is 23.7 Å². The van der Waals surface area contributed by atoms with Gasteiger partial charge in [-0.1, -0.05) is 6.42 Å². The zero-order valence-corrected chi connectivity index (χ0v) is 12.4. The van der Waals surface area contributed by atoms with E-state index in [-0.39, 0.29) is 5.92 Å². The molecule has 0 unspecified atom stereocenters. The lowest BCUT2D eigenvalue weighted by atomic mass is 9.81. The second kappa shape index (κ2) is 4.31. The minimum absolute atomic E-state index is 0.164. The summed E-state index contributed by atoms with van der Waals surface area (Å²) in [4.78, 5) is 22.6. The minimum Gasteiger partial charge on any atom is -0.481 e. The number of fused-ring (bicyclic) bond motifs is 2. The first-order chi connectivity index (χ1) is 10.5. The number of nitrogens with two attached hydrogens (primary N) is 1. The molecule has 1 saturated heterocycles. The van der Waals surface area contributed by atoms with Crippen LogP contribution in [0.4, 0.5) is 11.8 Å². The van der Waals surface area contributed by atoms with Gasteiger partial charge in [0.15, 0.2) is 5.65 Å². The van der Waals surface area contributed by atoms with Crippen LogP contribution < -0.4 is 10.6 Å². The molecule has 1 saturated carbocycles. The van der Waals surface area contributed by atoms with Gasteiger partial charge in [-0.2, -0.15) is 15.1 Å². The van der Waals surface area contributed by atoms with Gasteiger partial charge < -0.3 is 15.7 Å². The number of carboxylic acids is 1. The summed E-state index contributed by atoms with van der Waals surface area (Å²) in [6, 6.07) is 0. The molecule has 3 N–H and O–H groups in total. The number of hydrogen-bond acceptors (Lipinski definition) is 6. The molecule has 0 bridgehead atoms. The number of aromatic nitrogens is 4. The van der Waals surface area contributed by atoms with Crippen molar-refractivity contribution in [3.63, 3.8) is 0 Å². The van der Waals surface area contributed by atoms with E-state index < -0.39 is 11.4 Å². The van der Waals surface area contributed by atoms with Crippen LogP contribution in [0.25, 0.3) is 11.0 Å². The van der Waals surface area contributed by atoms with Crippen LogP contribution in [-0.4, -0.2) is 43.9 Å². The monoisotopic (exact) mass is 302 g/mol. The summed E-state index contributed by atoms with van der Waals surface area (Å²) in [7, 11) is 1.80. The molecule has 0 spiro atoms. The second-order valence-corrected chi connectivity index (χ2v) is 6.35. The highest BCUT2D eigenvalue weighted by Gasteiger charge is 2.55. The molecular weight excluding hydrogens is 284 g/mol. The number of carbonyl (C=O) groups is 1. The maximum absolute atomic E-state index is 11.8. The highest BCUT2D eigenvalue weighted by molar-refractivity contribution is 5.86. The number of rotatable bonds is 2. The number of hydrogen-bond donors (Lipinski definition) is 2. The zero-order chi connectivity index (χ0) is 15.5. The molecule has 22 heavy (non-hydrogen) atoms. The van der Waals surface area contributed by atoms with Gasteiger partial charge in [-0.15, -0.1) is 0 Å².